The van der Waals surface area contributed by atoms with E-state index in [4.69, 9.17) is 0 Å². The van der Waals surface area contributed by atoms with Crippen LogP contribution in [-0.4, -0.2) is 54.6 Å². The highest BCUT2D eigenvalue weighted by atomic mass is 16.5. The van der Waals surface area contributed by atoms with E-state index in [1.807, 2.05) is 27.7 Å². The van der Waals surface area contributed by atoms with Crippen molar-refractivity contribution in [1.29, 1.82) is 0 Å². The maximum atomic E-state index is 12.7. The molecule has 7 heteroatoms. The molecular formula is C15H27N3O4. The van der Waals surface area contributed by atoms with E-state index in [1.54, 1.807) is 4.90 Å². The number of ether oxygens (including phenoxy) is 1. The molecule has 2 atom stereocenters. The molecule has 0 radical (unpaired) electrons. The lowest BCUT2D eigenvalue weighted by Gasteiger charge is -2.30. The number of hydrogen-bond donors (Lipinski definition) is 2. The highest BCUT2D eigenvalue weighted by Crippen LogP contribution is 2.20. The fourth-order valence-corrected chi connectivity index (χ4v) is 2.56. The van der Waals surface area contributed by atoms with Gasteiger partial charge in [0.1, 0.15) is 12.1 Å². The van der Waals surface area contributed by atoms with Gasteiger partial charge in [-0.1, -0.05) is 13.8 Å². The smallest absolute Gasteiger partial charge is 0.407 e. The van der Waals surface area contributed by atoms with Gasteiger partial charge in [-0.05, 0) is 32.6 Å². The van der Waals surface area contributed by atoms with Gasteiger partial charge < -0.3 is 20.3 Å². The molecule has 1 rings (SSSR count). The minimum atomic E-state index is -0.695. The predicted octanol–water partition coefficient (Wildman–Crippen LogP) is 0.883. The van der Waals surface area contributed by atoms with Crippen molar-refractivity contribution in [2.75, 3.05) is 13.7 Å². The molecule has 1 saturated heterocycles. The normalized spacial score (nSPS) is 19.2. The highest BCUT2D eigenvalue weighted by molar-refractivity contribution is 5.92. The Morgan fingerprint density at radius 1 is 1.14 bits per heavy atom. The van der Waals surface area contributed by atoms with Crippen LogP contribution < -0.4 is 10.6 Å². The molecule has 126 valence electrons. The van der Waals surface area contributed by atoms with E-state index < -0.39 is 18.2 Å². The molecule has 1 fully saturated rings. The second kappa shape index (κ2) is 8.00. The number of hydrogen-bond acceptors (Lipinski definition) is 4. The first-order chi connectivity index (χ1) is 10.3. The zero-order valence-electron chi connectivity index (χ0n) is 14.0. The molecule has 0 aromatic carbocycles. The monoisotopic (exact) mass is 313 g/mol. The number of methoxy groups -OCH3 is 1. The van der Waals surface area contributed by atoms with Crippen molar-refractivity contribution in [2.24, 2.45) is 5.92 Å². The maximum Gasteiger partial charge on any atom is 0.407 e. The lowest BCUT2D eigenvalue weighted by molar-refractivity contribution is -0.140. The molecule has 0 bridgehead atoms. The summed E-state index contributed by atoms with van der Waals surface area (Å²) in [5, 5.41) is 5.40. The Kier molecular flexibility index (Phi) is 6.64. The van der Waals surface area contributed by atoms with E-state index in [0.29, 0.717) is 13.0 Å². The average molecular weight is 313 g/mol. The molecule has 0 aliphatic carbocycles. The fraction of sp³-hybridized carbons (Fsp3) is 0.800. The lowest BCUT2D eigenvalue weighted by Crippen LogP contribution is -2.55. The Morgan fingerprint density at radius 3 is 2.27 bits per heavy atom. The fourth-order valence-electron chi connectivity index (χ4n) is 2.56. The van der Waals surface area contributed by atoms with Crippen LogP contribution >= 0.6 is 0 Å². The van der Waals surface area contributed by atoms with Crippen LogP contribution in [0.3, 0.4) is 0 Å². The molecule has 1 heterocycles. The second-order valence-corrected chi connectivity index (χ2v) is 6.21. The van der Waals surface area contributed by atoms with Gasteiger partial charge in [0.2, 0.25) is 11.8 Å². The summed E-state index contributed by atoms with van der Waals surface area (Å²) in [5.74, 6) is -0.468. The third-order valence-corrected chi connectivity index (χ3v) is 3.66. The van der Waals surface area contributed by atoms with Crippen molar-refractivity contribution in [1.82, 2.24) is 15.5 Å². The zero-order valence-corrected chi connectivity index (χ0v) is 14.0. The molecule has 3 amide bonds. The van der Waals surface area contributed by atoms with E-state index >= 15 is 0 Å². The summed E-state index contributed by atoms with van der Waals surface area (Å²) in [5.41, 5.74) is 0. The number of nitrogens with one attached hydrogen (secondary N) is 2. The third-order valence-electron chi connectivity index (χ3n) is 3.66. The van der Waals surface area contributed by atoms with E-state index in [2.05, 4.69) is 15.4 Å². The van der Waals surface area contributed by atoms with Crippen molar-refractivity contribution in [3.8, 4) is 0 Å². The Morgan fingerprint density at radius 2 is 1.77 bits per heavy atom. The topological polar surface area (TPSA) is 87.7 Å². The van der Waals surface area contributed by atoms with Crippen molar-refractivity contribution in [2.45, 2.75) is 58.7 Å². The van der Waals surface area contributed by atoms with Crippen LogP contribution in [0.15, 0.2) is 0 Å². The van der Waals surface area contributed by atoms with Crippen molar-refractivity contribution >= 4 is 17.9 Å². The van der Waals surface area contributed by atoms with Gasteiger partial charge in [-0.2, -0.15) is 0 Å². The van der Waals surface area contributed by atoms with Gasteiger partial charge >= 0.3 is 6.09 Å². The van der Waals surface area contributed by atoms with Crippen molar-refractivity contribution < 1.29 is 19.1 Å². The molecule has 7 nitrogen and oxygen atoms in total. The standard InChI is InChI=1S/C15H27N3O4/c1-9(2)12(17-15(21)22-5)14(20)18-8-6-7-11(18)13(19)16-10(3)4/h9-12H,6-8H2,1-5H3,(H,16,19)(H,17,21). The summed E-state index contributed by atoms with van der Waals surface area (Å²) < 4.78 is 4.57. The van der Waals surface area contributed by atoms with Crippen LogP contribution in [0, 0.1) is 5.92 Å². The van der Waals surface area contributed by atoms with Crippen LogP contribution in [0.5, 0.6) is 0 Å². The Hall–Kier alpha value is -1.79. The Balaban J connectivity index is 2.83. The van der Waals surface area contributed by atoms with E-state index in [0.717, 1.165) is 6.42 Å². The highest BCUT2D eigenvalue weighted by Gasteiger charge is 2.38. The van der Waals surface area contributed by atoms with Gasteiger partial charge in [-0.3, -0.25) is 9.59 Å². The van der Waals surface area contributed by atoms with Gasteiger partial charge in [-0.15, -0.1) is 0 Å². The molecule has 2 unspecified atom stereocenters. The van der Waals surface area contributed by atoms with E-state index in [-0.39, 0.29) is 23.8 Å². The summed E-state index contributed by atoms with van der Waals surface area (Å²) in [4.78, 5) is 37.9. The lowest BCUT2D eigenvalue weighted by atomic mass is 10.0. The summed E-state index contributed by atoms with van der Waals surface area (Å²) in [6.45, 7) is 7.99. The summed E-state index contributed by atoms with van der Waals surface area (Å²) in [6, 6.07) is -1.13. The average Bonchev–Trinajstić information content (AvgIpc) is 2.92. The zero-order chi connectivity index (χ0) is 16.9. The quantitative estimate of drug-likeness (QED) is 0.789. The first kappa shape index (κ1) is 18.3. The van der Waals surface area contributed by atoms with Gasteiger partial charge in [0.25, 0.3) is 0 Å². The predicted molar refractivity (Wildman–Crippen MR) is 82.2 cm³/mol. The van der Waals surface area contributed by atoms with E-state index in [1.165, 1.54) is 7.11 Å². The SMILES string of the molecule is COC(=O)NC(C(=O)N1CCCC1C(=O)NC(C)C)C(C)C. The molecule has 0 saturated carbocycles. The third kappa shape index (κ3) is 4.61. The molecule has 0 aromatic rings. The van der Waals surface area contributed by atoms with Crippen LogP contribution in [-0.2, 0) is 14.3 Å². The first-order valence-corrected chi connectivity index (χ1v) is 7.73. The van der Waals surface area contributed by atoms with Crippen molar-refractivity contribution in [3.63, 3.8) is 0 Å². The molecule has 1 aliphatic rings. The van der Waals surface area contributed by atoms with E-state index in [9.17, 15) is 14.4 Å². The van der Waals surface area contributed by atoms with Crippen LogP contribution in [0.25, 0.3) is 0 Å². The van der Waals surface area contributed by atoms with Crippen LogP contribution in [0.4, 0.5) is 4.79 Å². The minimum Gasteiger partial charge on any atom is -0.453 e. The van der Waals surface area contributed by atoms with Crippen LogP contribution in [0.1, 0.15) is 40.5 Å². The first-order valence-electron chi connectivity index (χ1n) is 7.73. The second-order valence-electron chi connectivity index (χ2n) is 6.21. The maximum absolute atomic E-state index is 12.7. The number of carbonyl (C=O) groups is 3. The van der Waals surface area contributed by atoms with Crippen LogP contribution in [0.2, 0.25) is 0 Å². The minimum absolute atomic E-state index is 0.0270. The van der Waals surface area contributed by atoms with Gasteiger partial charge in [0.15, 0.2) is 0 Å². The number of amides is 3. The van der Waals surface area contributed by atoms with Gasteiger partial charge in [0, 0.05) is 12.6 Å². The molecule has 0 aromatic heterocycles. The number of alkyl carbamates (subject to hydrolysis) is 1. The molecule has 0 spiro atoms. The summed E-state index contributed by atoms with van der Waals surface area (Å²) in [7, 11) is 1.26. The number of carbonyl (C=O) groups excluding carboxylic acids is 3. The summed E-state index contributed by atoms with van der Waals surface area (Å²) >= 11 is 0. The van der Waals surface area contributed by atoms with Gasteiger partial charge in [-0.25, -0.2) is 4.79 Å². The number of rotatable bonds is 5. The molecular weight excluding hydrogens is 286 g/mol. The number of likely N-dealkylation sites (tertiary alicyclic amines) is 1. The summed E-state index contributed by atoms with van der Waals surface area (Å²) in [6.07, 6.45) is 0.785. The Labute approximate surface area is 131 Å². The molecule has 2 N–H and O–H groups in total. The van der Waals surface area contributed by atoms with Crippen molar-refractivity contribution in [3.05, 3.63) is 0 Å². The van der Waals surface area contributed by atoms with Gasteiger partial charge in [0.05, 0.1) is 7.11 Å². The molecule has 22 heavy (non-hydrogen) atoms. The Bertz CT molecular complexity index is 423. The largest absolute Gasteiger partial charge is 0.453 e. The number of nitrogens with zero attached hydrogens (tertiary/aromatic N) is 1. The molecule has 1 aliphatic heterocycles.